The summed E-state index contributed by atoms with van der Waals surface area (Å²) < 4.78 is 13.4. The lowest BCUT2D eigenvalue weighted by Gasteiger charge is -2.26. The monoisotopic (exact) mass is 545 g/mol. The number of aromatic nitrogens is 1. The van der Waals surface area contributed by atoms with Crippen LogP contribution in [0.2, 0.25) is 0 Å². The lowest BCUT2D eigenvalue weighted by molar-refractivity contribution is -0.138. The third-order valence-corrected chi connectivity index (χ3v) is 7.86. The van der Waals surface area contributed by atoms with Gasteiger partial charge in [0.2, 0.25) is 0 Å². The van der Waals surface area contributed by atoms with E-state index in [2.05, 4.69) is 0 Å². The molecular formula is C29H27N3O4S2. The minimum Gasteiger partial charge on any atom is -0.463 e. The van der Waals surface area contributed by atoms with Crippen LogP contribution in [-0.4, -0.2) is 37.5 Å². The summed E-state index contributed by atoms with van der Waals surface area (Å²) in [6.07, 6.45) is 3.73. The van der Waals surface area contributed by atoms with Crippen molar-refractivity contribution in [2.75, 3.05) is 31.9 Å². The zero-order chi connectivity index (χ0) is 26.8. The van der Waals surface area contributed by atoms with Crippen LogP contribution >= 0.6 is 23.1 Å². The number of nitrogens with zero attached hydrogens (tertiary/aromatic N) is 3. The number of furan rings is 1. The fourth-order valence-electron chi connectivity index (χ4n) is 4.33. The molecule has 0 bridgehead atoms. The molecule has 0 spiro atoms. The number of thiazole rings is 1. The van der Waals surface area contributed by atoms with Crippen molar-refractivity contribution >= 4 is 46.7 Å². The molecule has 1 aliphatic rings. The van der Waals surface area contributed by atoms with Gasteiger partial charge >= 0.3 is 5.97 Å². The fraction of sp³-hybridized carbons (Fsp3) is 0.207. The summed E-state index contributed by atoms with van der Waals surface area (Å²) in [5.74, 6) is 0.754. The number of carbonyl (C=O) groups is 1. The number of hydrogen-bond acceptors (Lipinski definition) is 8. The number of hydrogen-bond donors (Lipinski definition) is 0. The van der Waals surface area contributed by atoms with E-state index < -0.39 is 12.0 Å². The van der Waals surface area contributed by atoms with Gasteiger partial charge in [-0.2, -0.15) is 0 Å². The average molecular weight is 546 g/mol. The van der Waals surface area contributed by atoms with Crippen LogP contribution in [0.4, 0.5) is 5.88 Å². The minimum atomic E-state index is -0.701. The van der Waals surface area contributed by atoms with Gasteiger partial charge in [0.05, 0.1) is 28.5 Å². The molecule has 3 heterocycles. The third kappa shape index (κ3) is 4.87. The molecule has 0 N–H and O–H groups in total. The summed E-state index contributed by atoms with van der Waals surface area (Å²) >= 11 is 2.90. The minimum absolute atomic E-state index is 0.208. The number of thioether (sulfide) groups is 1. The van der Waals surface area contributed by atoms with Crippen LogP contribution < -0.4 is 19.8 Å². The predicted molar refractivity (Wildman–Crippen MR) is 152 cm³/mol. The molecule has 0 fully saturated rings. The van der Waals surface area contributed by atoms with Crippen LogP contribution in [-0.2, 0) is 9.53 Å². The van der Waals surface area contributed by atoms with E-state index in [-0.39, 0.29) is 12.2 Å². The molecule has 0 amide bonds. The first-order valence-electron chi connectivity index (χ1n) is 12.1. The van der Waals surface area contributed by atoms with E-state index in [9.17, 15) is 9.59 Å². The Hall–Kier alpha value is -3.82. The van der Waals surface area contributed by atoms with Crippen molar-refractivity contribution in [2.45, 2.75) is 17.9 Å². The molecule has 5 rings (SSSR count). The summed E-state index contributed by atoms with van der Waals surface area (Å²) in [7, 11) is 3.78. The molecule has 0 unspecified atom stereocenters. The van der Waals surface area contributed by atoms with Crippen molar-refractivity contribution in [1.29, 1.82) is 0 Å². The highest BCUT2D eigenvalue weighted by Gasteiger charge is 2.35. The van der Waals surface area contributed by atoms with E-state index in [4.69, 9.17) is 14.1 Å². The second-order valence-electron chi connectivity index (χ2n) is 8.78. The zero-order valence-electron chi connectivity index (χ0n) is 21.5. The van der Waals surface area contributed by atoms with E-state index in [1.807, 2.05) is 92.0 Å². The van der Waals surface area contributed by atoms with E-state index in [1.54, 1.807) is 29.3 Å². The molecule has 1 aliphatic heterocycles. The molecule has 4 aromatic rings. The normalized spacial score (nSPS) is 15.3. The lowest BCUT2D eigenvalue weighted by atomic mass is 9.93. The van der Waals surface area contributed by atoms with Crippen LogP contribution in [0, 0.1) is 0 Å². The lowest BCUT2D eigenvalue weighted by Crippen LogP contribution is -2.40. The molecule has 0 saturated carbocycles. The van der Waals surface area contributed by atoms with Crippen LogP contribution in [0.25, 0.3) is 11.8 Å². The number of carbonyl (C=O) groups excluding carboxylic acids is 1. The summed E-state index contributed by atoms with van der Waals surface area (Å²) in [5.41, 5.74) is 2.17. The molecule has 7 nitrogen and oxygen atoms in total. The van der Waals surface area contributed by atoms with Crippen molar-refractivity contribution in [3.8, 4) is 0 Å². The number of rotatable bonds is 7. The van der Waals surface area contributed by atoms with Crippen LogP contribution in [0.15, 0.2) is 91.4 Å². The maximum atomic E-state index is 13.9. The second kappa shape index (κ2) is 10.9. The van der Waals surface area contributed by atoms with Crippen molar-refractivity contribution in [3.05, 3.63) is 109 Å². The maximum Gasteiger partial charge on any atom is 0.338 e. The van der Waals surface area contributed by atoms with Crippen molar-refractivity contribution < 1.29 is 13.9 Å². The summed E-state index contributed by atoms with van der Waals surface area (Å²) in [4.78, 5) is 35.7. The molecule has 38 heavy (non-hydrogen) atoms. The molecule has 1 atom stereocenters. The van der Waals surface area contributed by atoms with Crippen LogP contribution in [0.1, 0.15) is 29.9 Å². The molecule has 0 radical (unpaired) electrons. The van der Waals surface area contributed by atoms with E-state index in [1.165, 1.54) is 11.3 Å². The van der Waals surface area contributed by atoms with Crippen molar-refractivity contribution in [3.63, 3.8) is 0 Å². The van der Waals surface area contributed by atoms with Gasteiger partial charge < -0.3 is 14.1 Å². The molecule has 194 valence electrons. The van der Waals surface area contributed by atoms with Gasteiger partial charge in [-0.15, -0.1) is 11.8 Å². The Morgan fingerprint density at radius 2 is 1.87 bits per heavy atom. The number of anilines is 1. The zero-order valence-corrected chi connectivity index (χ0v) is 23.1. The smallest absolute Gasteiger partial charge is 0.338 e. The Morgan fingerprint density at radius 3 is 2.50 bits per heavy atom. The first kappa shape index (κ1) is 25.8. The van der Waals surface area contributed by atoms with Gasteiger partial charge in [-0.25, -0.2) is 9.79 Å². The van der Waals surface area contributed by atoms with Gasteiger partial charge in [-0.3, -0.25) is 9.36 Å². The SMILES string of the molecule is CCOC(=O)C1=C(c2ccccc2)N=c2s/c(=C\c3ccc(N(C)C)o3)c(=O)n2[C@@H]1c1ccc(SC)cc1. The molecule has 0 saturated heterocycles. The van der Waals surface area contributed by atoms with Crippen molar-refractivity contribution in [1.82, 2.24) is 4.57 Å². The van der Waals surface area contributed by atoms with E-state index in [0.717, 1.165) is 16.0 Å². The van der Waals surface area contributed by atoms with Gasteiger partial charge in [-0.05, 0) is 36.9 Å². The van der Waals surface area contributed by atoms with Crippen LogP contribution in [0.5, 0.6) is 0 Å². The quantitative estimate of drug-likeness (QED) is 0.254. The topological polar surface area (TPSA) is 77.0 Å². The largest absolute Gasteiger partial charge is 0.463 e. The summed E-state index contributed by atoms with van der Waals surface area (Å²) in [6, 6.07) is 20.4. The highest BCUT2D eigenvalue weighted by atomic mass is 32.2. The fourth-order valence-corrected chi connectivity index (χ4v) is 5.72. The maximum absolute atomic E-state index is 13.9. The molecule has 2 aromatic carbocycles. The third-order valence-electron chi connectivity index (χ3n) is 6.13. The second-order valence-corrected chi connectivity index (χ2v) is 10.7. The number of ether oxygens (including phenoxy) is 1. The number of esters is 1. The van der Waals surface area contributed by atoms with Gasteiger partial charge in [-0.1, -0.05) is 53.8 Å². The highest BCUT2D eigenvalue weighted by molar-refractivity contribution is 7.98. The van der Waals surface area contributed by atoms with Gasteiger partial charge in [0.25, 0.3) is 5.56 Å². The van der Waals surface area contributed by atoms with Crippen molar-refractivity contribution in [2.24, 2.45) is 4.99 Å². The Balaban J connectivity index is 1.79. The Morgan fingerprint density at radius 1 is 1.13 bits per heavy atom. The van der Waals surface area contributed by atoms with E-state index in [0.29, 0.717) is 32.2 Å². The van der Waals surface area contributed by atoms with E-state index >= 15 is 0 Å². The standard InChI is InChI=1S/C29H27N3O4S2/c1-5-35-28(34)24-25(18-9-7-6-8-10-18)30-29-32(26(24)19-11-14-21(37-4)15-12-19)27(33)22(38-29)17-20-13-16-23(36-20)31(2)3/h6-17,26H,5H2,1-4H3/b22-17-/t26-/m1/s1. The molecular weight excluding hydrogens is 518 g/mol. The first-order valence-corrected chi connectivity index (χ1v) is 14.1. The van der Waals surface area contributed by atoms with Gasteiger partial charge in [0, 0.05) is 36.7 Å². The average Bonchev–Trinajstić information content (AvgIpc) is 3.53. The Bertz CT molecular complexity index is 1680. The highest BCUT2D eigenvalue weighted by Crippen LogP contribution is 2.35. The molecule has 9 heteroatoms. The summed E-state index contributed by atoms with van der Waals surface area (Å²) in [6.45, 7) is 1.98. The Labute approximate surface area is 228 Å². The predicted octanol–water partition coefficient (Wildman–Crippen LogP) is 4.32. The first-order chi connectivity index (χ1) is 18.4. The van der Waals surface area contributed by atoms with Crippen LogP contribution in [0.3, 0.4) is 0 Å². The number of fused-ring (bicyclic) bond motifs is 1. The van der Waals surface area contributed by atoms with Gasteiger partial charge in [0.1, 0.15) is 5.76 Å². The molecule has 0 aliphatic carbocycles. The van der Waals surface area contributed by atoms with Gasteiger partial charge in [0.15, 0.2) is 10.7 Å². The Kier molecular flexibility index (Phi) is 7.40. The molecule has 2 aromatic heterocycles. The summed E-state index contributed by atoms with van der Waals surface area (Å²) in [5, 5.41) is 0. The number of benzene rings is 2.